The Hall–Kier alpha value is -0.610. The van der Waals surface area contributed by atoms with E-state index in [-0.39, 0.29) is 12.3 Å². The predicted molar refractivity (Wildman–Crippen MR) is 60.6 cm³/mol. The van der Waals surface area contributed by atoms with Crippen LogP contribution in [0, 0.1) is 0 Å². The van der Waals surface area contributed by atoms with E-state index in [0.29, 0.717) is 4.67 Å². The van der Waals surface area contributed by atoms with Crippen molar-refractivity contribution < 1.29 is 9.21 Å². The highest BCUT2D eigenvalue weighted by atomic mass is 79.9. The van der Waals surface area contributed by atoms with Gasteiger partial charge in [-0.2, -0.15) is 0 Å². The number of hydrogen-bond donors (Lipinski definition) is 1. The van der Waals surface area contributed by atoms with Crippen LogP contribution in [0.3, 0.4) is 0 Å². The lowest BCUT2D eigenvalue weighted by Gasteiger charge is -2.24. The molecule has 1 fully saturated rings. The van der Waals surface area contributed by atoms with Crippen molar-refractivity contribution in [2.24, 2.45) is 5.73 Å². The SMILES string of the molecule is NCC(=O)C1(c2ccc(Br)o2)CCCC1. The molecule has 1 aliphatic carbocycles. The van der Waals surface area contributed by atoms with Crippen molar-refractivity contribution in [1.29, 1.82) is 0 Å². The highest BCUT2D eigenvalue weighted by Gasteiger charge is 2.44. The monoisotopic (exact) mass is 271 g/mol. The number of carbonyl (C=O) groups excluding carboxylic acids is 1. The molecular weight excluding hydrogens is 258 g/mol. The van der Waals surface area contributed by atoms with Crippen molar-refractivity contribution in [3.8, 4) is 0 Å². The van der Waals surface area contributed by atoms with E-state index in [2.05, 4.69) is 15.9 Å². The summed E-state index contributed by atoms with van der Waals surface area (Å²) in [5.41, 5.74) is 5.03. The number of Topliss-reactive ketones (excluding diaryl/α,β-unsaturated/α-hetero) is 1. The van der Waals surface area contributed by atoms with Gasteiger partial charge in [-0.25, -0.2) is 0 Å². The van der Waals surface area contributed by atoms with Gasteiger partial charge in [0.15, 0.2) is 10.5 Å². The summed E-state index contributed by atoms with van der Waals surface area (Å²) in [5.74, 6) is 0.865. The number of rotatable bonds is 3. The van der Waals surface area contributed by atoms with E-state index in [0.717, 1.165) is 31.4 Å². The van der Waals surface area contributed by atoms with Crippen molar-refractivity contribution in [2.45, 2.75) is 31.1 Å². The minimum atomic E-state index is -0.444. The summed E-state index contributed by atoms with van der Waals surface area (Å²) in [6.07, 6.45) is 3.88. The Morgan fingerprint density at radius 1 is 1.47 bits per heavy atom. The van der Waals surface area contributed by atoms with Gasteiger partial charge in [-0.05, 0) is 40.9 Å². The third-order valence-electron chi connectivity index (χ3n) is 3.22. The second-order valence-electron chi connectivity index (χ2n) is 4.02. The molecule has 0 radical (unpaired) electrons. The largest absolute Gasteiger partial charge is 0.453 e. The van der Waals surface area contributed by atoms with E-state index in [1.807, 2.05) is 12.1 Å². The van der Waals surface area contributed by atoms with Crippen LogP contribution in [0.2, 0.25) is 0 Å². The number of nitrogens with two attached hydrogens (primary N) is 1. The first-order valence-electron chi connectivity index (χ1n) is 5.18. The van der Waals surface area contributed by atoms with Gasteiger partial charge in [0.25, 0.3) is 0 Å². The van der Waals surface area contributed by atoms with E-state index in [9.17, 15) is 4.79 Å². The molecule has 1 heterocycles. The average Bonchev–Trinajstić information content (AvgIpc) is 2.85. The normalized spacial score (nSPS) is 19.3. The van der Waals surface area contributed by atoms with Gasteiger partial charge >= 0.3 is 0 Å². The Kier molecular flexibility index (Phi) is 2.98. The Morgan fingerprint density at radius 2 is 2.13 bits per heavy atom. The molecule has 0 saturated heterocycles. The molecule has 0 amide bonds. The third kappa shape index (κ3) is 1.76. The summed E-state index contributed by atoms with van der Waals surface area (Å²) in [4.78, 5) is 11.9. The molecule has 0 unspecified atom stereocenters. The fourth-order valence-electron chi connectivity index (χ4n) is 2.41. The van der Waals surface area contributed by atoms with Gasteiger partial charge in [0, 0.05) is 0 Å². The lowest BCUT2D eigenvalue weighted by molar-refractivity contribution is -0.123. The maximum atomic E-state index is 11.9. The molecule has 0 spiro atoms. The van der Waals surface area contributed by atoms with Crippen molar-refractivity contribution in [3.05, 3.63) is 22.6 Å². The molecule has 1 aromatic heterocycles. The molecule has 1 aromatic rings. The molecule has 0 aliphatic heterocycles. The van der Waals surface area contributed by atoms with Crippen molar-refractivity contribution in [1.82, 2.24) is 0 Å². The van der Waals surface area contributed by atoms with Crippen molar-refractivity contribution >= 4 is 21.7 Å². The van der Waals surface area contributed by atoms with Gasteiger partial charge in [0.1, 0.15) is 5.76 Å². The summed E-state index contributed by atoms with van der Waals surface area (Å²) in [6.45, 7) is 0.0956. The van der Waals surface area contributed by atoms with Crippen molar-refractivity contribution in [3.63, 3.8) is 0 Å². The standard InChI is InChI=1S/C11H14BrNO2/c12-10-4-3-9(15-10)11(8(14)7-13)5-1-2-6-11/h3-4H,1-2,5-7,13H2. The lowest BCUT2D eigenvalue weighted by Crippen LogP contribution is -2.37. The van der Waals surface area contributed by atoms with Crippen LogP contribution in [0.4, 0.5) is 0 Å². The zero-order chi connectivity index (χ0) is 10.9. The van der Waals surface area contributed by atoms with Gasteiger partial charge in [-0.15, -0.1) is 0 Å². The highest BCUT2D eigenvalue weighted by Crippen LogP contribution is 2.42. The van der Waals surface area contributed by atoms with Gasteiger partial charge in [-0.3, -0.25) is 4.79 Å². The Morgan fingerprint density at radius 3 is 2.60 bits per heavy atom. The first kappa shape index (κ1) is 10.9. The second kappa shape index (κ2) is 4.10. The molecule has 82 valence electrons. The molecule has 15 heavy (non-hydrogen) atoms. The molecule has 0 atom stereocenters. The molecule has 4 heteroatoms. The summed E-state index contributed by atoms with van der Waals surface area (Å²) in [7, 11) is 0. The van der Waals surface area contributed by atoms with Crippen LogP contribution in [0.5, 0.6) is 0 Å². The molecule has 0 aromatic carbocycles. The maximum Gasteiger partial charge on any atom is 0.169 e. The van der Waals surface area contributed by atoms with Gasteiger partial charge in [0.2, 0.25) is 0 Å². The van der Waals surface area contributed by atoms with E-state index in [1.165, 1.54) is 0 Å². The molecule has 1 aliphatic rings. The van der Waals surface area contributed by atoms with Crippen molar-refractivity contribution in [2.75, 3.05) is 6.54 Å². The van der Waals surface area contributed by atoms with Crippen LogP contribution in [0.25, 0.3) is 0 Å². The number of ketones is 1. The zero-order valence-electron chi connectivity index (χ0n) is 8.46. The van der Waals surface area contributed by atoms with Gasteiger partial charge in [0.05, 0.1) is 12.0 Å². The molecular formula is C11H14BrNO2. The van der Waals surface area contributed by atoms with Crippen LogP contribution < -0.4 is 5.73 Å². The summed E-state index contributed by atoms with van der Waals surface area (Å²) >= 11 is 3.27. The highest BCUT2D eigenvalue weighted by molar-refractivity contribution is 9.10. The molecule has 1 saturated carbocycles. The molecule has 2 N–H and O–H groups in total. The van der Waals surface area contributed by atoms with E-state index < -0.39 is 5.41 Å². The summed E-state index contributed by atoms with van der Waals surface area (Å²) in [6, 6.07) is 3.71. The zero-order valence-corrected chi connectivity index (χ0v) is 10.0. The fourth-order valence-corrected chi connectivity index (χ4v) is 2.71. The minimum absolute atomic E-state index is 0.0956. The fraction of sp³-hybridized carbons (Fsp3) is 0.545. The smallest absolute Gasteiger partial charge is 0.169 e. The number of halogens is 1. The van der Waals surface area contributed by atoms with Crippen LogP contribution in [-0.4, -0.2) is 12.3 Å². The van der Waals surface area contributed by atoms with Gasteiger partial charge < -0.3 is 10.2 Å². The van der Waals surface area contributed by atoms with E-state index in [4.69, 9.17) is 10.2 Å². The number of furan rings is 1. The van der Waals surface area contributed by atoms with E-state index in [1.54, 1.807) is 0 Å². The average molecular weight is 272 g/mol. The first-order valence-corrected chi connectivity index (χ1v) is 5.97. The minimum Gasteiger partial charge on any atom is -0.453 e. The van der Waals surface area contributed by atoms with Crippen LogP contribution in [0.15, 0.2) is 21.2 Å². The van der Waals surface area contributed by atoms with Crippen LogP contribution in [0.1, 0.15) is 31.4 Å². The predicted octanol–water partition coefficient (Wildman–Crippen LogP) is 2.38. The first-order chi connectivity index (χ1) is 7.19. The Bertz CT molecular complexity index is 366. The number of hydrogen-bond acceptors (Lipinski definition) is 3. The van der Waals surface area contributed by atoms with Gasteiger partial charge in [-0.1, -0.05) is 12.8 Å². The quantitative estimate of drug-likeness (QED) is 0.919. The second-order valence-corrected chi connectivity index (χ2v) is 4.80. The Balaban J connectivity index is 2.38. The molecule has 2 rings (SSSR count). The van der Waals surface area contributed by atoms with E-state index >= 15 is 0 Å². The summed E-state index contributed by atoms with van der Waals surface area (Å²) in [5, 5.41) is 0. The molecule has 0 bridgehead atoms. The lowest BCUT2D eigenvalue weighted by atomic mass is 9.79. The van der Waals surface area contributed by atoms with Crippen LogP contribution in [-0.2, 0) is 10.2 Å². The summed E-state index contributed by atoms with van der Waals surface area (Å²) < 4.78 is 6.21. The van der Waals surface area contributed by atoms with Crippen LogP contribution >= 0.6 is 15.9 Å². The Labute approximate surface area is 97.1 Å². The number of carbonyl (C=O) groups is 1. The maximum absolute atomic E-state index is 11.9. The topological polar surface area (TPSA) is 56.2 Å². The third-order valence-corrected chi connectivity index (χ3v) is 3.65. The molecule has 3 nitrogen and oxygen atoms in total.